The van der Waals surface area contributed by atoms with Crippen LogP contribution in [0, 0.1) is 0 Å². The molecule has 0 saturated carbocycles. The minimum absolute atomic E-state index is 0.000422. The number of piperidine rings is 1. The molecule has 1 saturated heterocycles. The number of para-hydroxylation sites is 1. The van der Waals surface area contributed by atoms with Crippen LogP contribution in [0.5, 0.6) is 0 Å². The largest absolute Gasteiger partial charge is 0.324 e. The van der Waals surface area contributed by atoms with Crippen LogP contribution in [-0.2, 0) is 0 Å². The molecule has 1 heterocycles. The van der Waals surface area contributed by atoms with E-state index in [1.54, 1.807) is 0 Å². The molecule has 1 N–H and O–H groups in total. The molecule has 1 fully saturated rings. The quantitative estimate of drug-likeness (QED) is 0.816. The van der Waals surface area contributed by atoms with Gasteiger partial charge in [-0.2, -0.15) is 0 Å². The zero-order chi connectivity index (χ0) is 15.4. The van der Waals surface area contributed by atoms with E-state index < -0.39 is 0 Å². The van der Waals surface area contributed by atoms with E-state index in [9.17, 15) is 4.79 Å². The van der Waals surface area contributed by atoms with Crippen LogP contribution in [0.15, 0.2) is 59.1 Å². The van der Waals surface area contributed by atoms with Crippen molar-refractivity contribution in [1.82, 2.24) is 4.90 Å². The number of anilines is 1. The molecule has 3 rings (SSSR count). The van der Waals surface area contributed by atoms with Gasteiger partial charge in [0.15, 0.2) is 0 Å². The lowest BCUT2D eigenvalue weighted by atomic mass is 9.90. The van der Waals surface area contributed by atoms with E-state index in [2.05, 4.69) is 45.5 Å². The molecule has 0 spiro atoms. The van der Waals surface area contributed by atoms with E-state index in [0.717, 1.165) is 36.1 Å². The number of halogens is 1. The van der Waals surface area contributed by atoms with E-state index in [1.807, 2.05) is 35.2 Å². The summed E-state index contributed by atoms with van der Waals surface area (Å²) >= 11 is 3.47. The third-order valence-electron chi connectivity index (χ3n) is 4.15. The summed E-state index contributed by atoms with van der Waals surface area (Å²) in [6.45, 7) is 1.61. The van der Waals surface area contributed by atoms with Gasteiger partial charge in [-0.25, -0.2) is 4.79 Å². The Bertz CT molecular complexity index is 619. The highest BCUT2D eigenvalue weighted by Gasteiger charge is 2.23. The molecule has 0 unspecified atom stereocenters. The molecule has 0 aromatic heterocycles. The number of nitrogens with zero attached hydrogens (tertiary/aromatic N) is 1. The molecule has 22 heavy (non-hydrogen) atoms. The standard InChI is InChI=1S/C18H19BrN2O/c19-16-8-6-14(7-9-16)15-10-12-21(13-11-15)18(22)20-17-4-2-1-3-5-17/h1-9,15H,10-13H2,(H,20,22). The maximum absolute atomic E-state index is 12.3. The van der Waals surface area contributed by atoms with Crippen molar-refractivity contribution in [2.45, 2.75) is 18.8 Å². The summed E-state index contributed by atoms with van der Waals surface area (Å²) in [4.78, 5) is 14.2. The fourth-order valence-corrected chi connectivity index (χ4v) is 3.14. The Balaban J connectivity index is 1.55. The number of urea groups is 1. The van der Waals surface area contributed by atoms with Gasteiger partial charge >= 0.3 is 6.03 Å². The lowest BCUT2D eigenvalue weighted by Gasteiger charge is -2.32. The molecule has 2 aromatic carbocycles. The van der Waals surface area contributed by atoms with Crippen LogP contribution in [0.2, 0.25) is 0 Å². The van der Waals surface area contributed by atoms with Gasteiger partial charge in [0.05, 0.1) is 0 Å². The van der Waals surface area contributed by atoms with Crippen molar-refractivity contribution in [2.24, 2.45) is 0 Å². The maximum Gasteiger partial charge on any atom is 0.321 e. The van der Waals surface area contributed by atoms with Gasteiger partial charge in [-0.1, -0.05) is 46.3 Å². The molecule has 0 radical (unpaired) electrons. The van der Waals surface area contributed by atoms with Crippen molar-refractivity contribution < 1.29 is 4.79 Å². The van der Waals surface area contributed by atoms with Gasteiger partial charge in [0.2, 0.25) is 0 Å². The second-order valence-electron chi connectivity index (χ2n) is 5.61. The van der Waals surface area contributed by atoms with Crippen molar-refractivity contribution in [2.75, 3.05) is 18.4 Å². The van der Waals surface area contributed by atoms with Gasteiger partial charge in [-0.3, -0.25) is 0 Å². The SMILES string of the molecule is O=C(Nc1ccccc1)N1CCC(c2ccc(Br)cc2)CC1. The van der Waals surface area contributed by atoms with Crippen LogP contribution in [-0.4, -0.2) is 24.0 Å². The summed E-state index contributed by atoms with van der Waals surface area (Å²) in [5.74, 6) is 0.550. The van der Waals surface area contributed by atoms with Gasteiger partial charge in [-0.15, -0.1) is 0 Å². The molecule has 4 heteroatoms. The first kappa shape index (κ1) is 15.1. The Hall–Kier alpha value is -1.81. The van der Waals surface area contributed by atoms with E-state index in [4.69, 9.17) is 0 Å². The summed E-state index contributed by atoms with van der Waals surface area (Å²) in [5.41, 5.74) is 2.22. The van der Waals surface area contributed by atoms with Crippen LogP contribution in [0.3, 0.4) is 0 Å². The Morgan fingerprint density at radius 3 is 2.27 bits per heavy atom. The van der Waals surface area contributed by atoms with Crippen molar-refractivity contribution in [3.05, 3.63) is 64.6 Å². The van der Waals surface area contributed by atoms with E-state index in [-0.39, 0.29) is 6.03 Å². The fraction of sp³-hybridized carbons (Fsp3) is 0.278. The summed E-state index contributed by atoms with van der Waals surface area (Å²) in [5, 5.41) is 2.95. The second-order valence-corrected chi connectivity index (χ2v) is 6.52. The van der Waals surface area contributed by atoms with Gasteiger partial charge < -0.3 is 10.2 Å². The highest BCUT2D eigenvalue weighted by Crippen LogP contribution is 2.29. The van der Waals surface area contributed by atoms with Crippen molar-refractivity contribution in [1.29, 1.82) is 0 Å². The van der Waals surface area contributed by atoms with Crippen LogP contribution < -0.4 is 5.32 Å². The highest BCUT2D eigenvalue weighted by molar-refractivity contribution is 9.10. The normalized spacial score (nSPS) is 15.6. The van der Waals surface area contributed by atoms with Crippen LogP contribution in [0.4, 0.5) is 10.5 Å². The highest BCUT2D eigenvalue weighted by atomic mass is 79.9. The Kier molecular flexibility index (Phi) is 4.78. The number of benzene rings is 2. The minimum atomic E-state index is 0.000422. The Morgan fingerprint density at radius 2 is 1.64 bits per heavy atom. The third kappa shape index (κ3) is 3.69. The third-order valence-corrected chi connectivity index (χ3v) is 4.68. The molecular formula is C18H19BrN2O. The number of hydrogen-bond donors (Lipinski definition) is 1. The van der Waals surface area contributed by atoms with Crippen molar-refractivity contribution >= 4 is 27.6 Å². The van der Waals surface area contributed by atoms with Gasteiger partial charge in [0.25, 0.3) is 0 Å². The number of amides is 2. The van der Waals surface area contributed by atoms with Crippen molar-refractivity contribution in [3.63, 3.8) is 0 Å². The van der Waals surface area contributed by atoms with E-state index in [0.29, 0.717) is 5.92 Å². The number of rotatable bonds is 2. The van der Waals surface area contributed by atoms with Crippen LogP contribution in [0.25, 0.3) is 0 Å². The Morgan fingerprint density at radius 1 is 1.00 bits per heavy atom. The Labute approximate surface area is 139 Å². The van der Waals surface area contributed by atoms with Crippen molar-refractivity contribution in [3.8, 4) is 0 Å². The molecule has 2 aromatic rings. The average molecular weight is 359 g/mol. The maximum atomic E-state index is 12.3. The number of nitrogens with one attached hydrogen (secondary N) is 1. The molecule has 0 bridgehead atoms. The number of carbonyl (C=O) groups is 1. The average Bonchev–Trinajstić information content (AvgIpc) is 2.57. The lowest BCUT2D eigenvalue weighted by molar-refractivity contribution is 0.194. The molecule has 0 aliphatic carbocycles. The number of hydrogen-bond acceptors (Lipinski definition) is 1. The molecule has 1 aliphatic heterocycles. The van der Waals surface area contributed by atoms with Gasteiger partial charge in [0.1, 0.15) is 0 Å². The minimum Gasteiger partial charge on any atom is -0.324 e. The van der Waals surface area contributed by atoms with E-state index >= 15 is 0 Å². The first-order valence-corrected chi connectivity index (χ1v) is 8.38. The first-order chi connectivity index (χ1) is 10.7. The molecule has 114 valence electrons. The van der Waals surface area contributed by atoms with Gasteiger partial charge in [-0.05, 0) is 48.6 Å². The monoisotopic (exact) mass is 358 g/mol. The molecule has 2 amide bonds. The lowest BCUT2D eigenvalue weighted by Crippen LogP contribution is -2.40. The van der Waals surface area contributed by atoms with Crippen LogP contribution in [0.1, 0.15) is 24.3 Å². The predicted molar refractivity (Wildman–Crippen MR) is 93.2 cm³/mol. The zero-order valence-electron chi connectivity index (χ0n) is 12.3. The zero-order valence-corrected chi connectivity index (χ0v) is 13.9. The summed E-state index contributed by atoms with van der Waals surface area (Å²) in [7, 11) is 0. The number of likely N-dealkylation sites (tertiary alicyclic amines) is 1. The number of carbonyl (C=O) groups excluding carboxylic acids is 1. The molecule has 3 nitrogen and oxygen atoms in total. The summed E-state index contributed by atoms with van der Waals surface area (Å²) in [6.07, 6.45) is 2.04. The topological polar surface area (TPSA) is 32.3 Å². The molecule has 1 aliphatic rings. The molecular weight excluding hydrogens is 340 g/mol. The first-order valence-electron chi connectivity index (χ1n) is 7.59. The fourth-order valence-electron chi connectivity index (χ4n) is 2.87. The van der Waals surface area contributed by atoms with E-state index in [1.165, 1.54) is 5.56 Å². The van der Waals surface area contributed by atoms with Crippen LogP contribution >= 0.6 is 15.9 Å². The van der Waals surface area contributed by atoms with Gasteiger partial charge in [0, 0.05) is 23.2 Å². The molecule has 0 atom stereocenters. The second kappa shape index (κ2) is 6.97. The summed E-state index contributed by atoms with van der Waals surface area (Å²) in [6, 6.07) is 18.1. The smallest absolute Gasteiger partial charge is 0.321 e. The predicted octanol–water partition coefficient (Wildman–Crippen LogP) is 4.86. The summed E-state index contributed by atoms with van der Waals surface area (Å²) < 4.78 is 1.11.